The van der Waals surface area contributed by atoms with Crippen LogP contribution in [0.4, 0.5) is 0 Å². The van der Waals surface area contributed by atoms with Gasteiger partial charge in [0.05, 0.1) is 0 Å². The second kappa shape index (κ2) is 5.23. The summed E-state index contributed by atoms with van der Waals surface area (Å²) in [7, 11) is 0. The lowest BCUT2D eigenvalue weighted by molar-refractivity contribution is 0.102. The van der Waals surface area contributed by atoms with Crippen LogP contribution in [0.25, 0.3) is 0 Å². The molecule has 0 saturated heterocycles. The van der Waals surface area contributed by atoms with Gasteiger partial charge in [-0.05, 0) is 37.5 Å². The summed E-state index contributed by atoms with van der Waals surface area (Å²) in [4.78, 5) is 0. The SMILES string of the molecule is C=CC1CC(C=C)C(COCC)C1. The Labute approximate surface area is 81.5 Å². The van der Waals surface area contributed by atoms with Crippen molar-refractivity contribution in [1.29, 1.82) is 0 Å². The molecule has 13 heavy (non-hydrogen) atoms. The highest BCUT2D eigenvalue weighted by atomic mass is 16.5. The van der Waals surface area contributed by atoms with Crippen LogP contribution in [0.3, 0.4) is 0 Å². The van der Waals surface area contributed by atoms with Gasteiger partial charge in [-0.25, -0.2) is 0 Å². The van der Waals surface area contributed by atoms with Crippen LogP contribution in [0, 0.1) is 17.8 Å². The zero-order valence-corrected chi connectivity index (χ0v) is 8.54. The zero-order valence-electron chi connectivity index (χ0n) is 8.54. The number of allylic oxidation sites excluding steroid dienone is 2. The molecule has 1 fully saturated rings. The van der Waals surface area contributed by atoms with Crippen LogP contribution in [-0.4, -0.2) is 13.2 Å². The van der Waals surface area contributed by atoms with Gasteiger partial charge in [0, 0.05) is 13.2 Å². The quantitative estimate of drug-likeness (QED) is 0.591. The van der Waals surface area contributed by atoms with E-state index in [9.17, 15) is 0 Å². The van der Waals surface area contributed by atoms with Gasteiger partial charge >= 0.3 is 0 Å². The molecule has 1 rings (SSSR count). The first-order valence-electron chi connectivity index (χ1n) is 5.14. The lowest BCUT2D eigenvalue weighted by atomic mass is 9.97. The van der Waals surface area contributed by atoms with Crippen LogP contribution >= 0.6 is 0 Å². The monoisotopic (exact) mass is 180 g/mol. The summed E-state index contributed by atoms with van der Waals surface area (Å²) >= 11 is 0. The first kappa shape index (κ1) is 10.5. The summed E-state index contributed by atoms with van der Waals surface area (Å²) < 4.78 is 5.46. The molecule has 0 amide bonds. The van der Waals surface area contributed by atoms with E-state index in [0.717, 1.165) is 13.2 Å². The third kappa shape index (κ3) is 2.70. The first-order valence-corrected chi connectivity index (χ1v) is 5.14. The average Bonchev–Trinajstić information content (AvgIpc) is 2.57. The molecule has 0 aromatic heterocycles. The van der Waals surface area contributed by atoms with Crippen molar-refractivity contribution in [2.24, 2.45) is 17.8 Å². The minimum atomic E-state index is 0.634. The molecular weight excluding hydrogens is 160 g/mol. The van der Waals surface area contributed by atoms with Gasteiger partial charge in [0.2, 0.25) is 0 Å². The maximum absolute atomic E-state index is 5.46. The molecule has 1 heteroatoms. The smallest absolute Gasteiger partial charge is 0.0499 e. The maximum Gasteiger partial charge on any atom is 0.0499 e. The van der Waals surface area contributed by atoms with E-state index in [1.54, 1.807) is 0 Å². The minimum Gasteiger partial charge on any atom is -0.381 e. The zero-order chi connectivity index (χ0) is 9.68. The molecule has 3 unspecified atom stereocenters. The predicted molar refractivity (Wildman–Crippen MR) is 56.6 cm³/mol. The predicted octanol–water partition coefficient (Wildman–Crippen LogP) is 3.04. The van der Waals surface area contributed by atoms with Crippen molar-refractivity contribution in [3.8, 4) is 0 Å². The van der Waals surface area contributed by atoms with Gasteiger partial charge in [-0.1, -0.05) is 12.2 Å². The summed E-state index contributed by atoms with van der Waals surface area (Å²) in [5.41, 5.74) is 0. The highest BCUT2D eigenvalue weighted by Gasteiger charge is 2.30. The molecule has 1 aliphatic carbocycles. The van der Waals surface area contributed by atoms with Gasteiger partial charge in [0.1, 0.15) is 0 Å². The van der Waals surface area contributed by atoms with Crippen molar-refractivity contribution in [1.82, 2.24) is 0 Å². The maximum atomic E-state index is 5.46. The van der Waals surface area contributed by atoms with Crippen molar-refractivity contribution >= 4 is 0 Å². The van der Waals surface area contributed by atoms with Crippen LogP contribution in [-0.2, 0) is 4.74 Å². The average molecular weight is 180 g/mol. The lowest BCUT2D eigenvalue weighted by Crippen LogP contribution is -2.12. The summed E-state index contributed by atoms with van der Waals surface area (Å²) in [6.45, 7) is 11.5. The molecule has 0 aromatic rings. The van der Waals surface area contributed by atoms with Gasteiger partial charge < -0.3 is 4.74 Å². The topological polar surface area (TPSA) is 9.23 Å². The highest BCUT2D eigenvalue weighted by molar-refractivity contribution is 4.97. The van der Waals surface area contributed by atoms with E-state index < -0.39 is 0 Å². The number of ether oxygens (including phenoxy) is 1. The van der Waals surface area contributed by atoms with Crippen molar-refractivity contribution in [3.05, 3.63) is 25.3 Å². The fourth-order valence-corrected chi connectivity index (χ4v) is 2.14. The molecule has 1 aliphatic rings. The van der Waals surface area contributed by atoms with Crippen molar-refractivity contribution < 1.29 is 4.74 Å². The van der Waals surface area contributed by atoms with E-state index in [-0.39, 0.29) is 0 Å². The Kier molecular flexibility index (Phi) is 4.23. The van der Waals surface area contributed by atoms with Gasteiger partial charge in [0.25, 0.3) is 0 Å². The third-order valence-electron chi connectivity index (χ3n) is 2.96. The Morgan fingerprint density at radius 3 is 2.62 bits per heavy atom. The molecule has 0 bridgehead atoms. The molecule has 1 nitrogen and oxygen atoms in total. The van der Waals surface area contributed by atoms with Crippen molar-refractivity contribution in [2.45, 2.75) is 19.8 Å². The van der Waals surface area contributed by atoms with Gasteiger partial charge in [-0.3, -0.25) is 0 Å². The molecule has 0 radical (unpaired) electrons. The van der Waals surface area contributed by atoms with Crippen molar-refractivity contribution in [3.63, 3.8) is 0 Å². The second-order valence-electron chi connectivity index (χ2n) is 3.79. The molecule has 1 saturated carbocycles. The van der Waals surface area contributed by atoms with Gasteiger partial charge in [-0.15, -0.1) is 13.2 Å². The fraction of sp³-hybridized carbons (Fsp3) is 0.667. The fourth-order valence-electron chi connectivity index (χ4n) is 2.14. The summed E-state index contributed by atoms with van der Waals surface area (Å²) in [5, 5.41) is 0. The number of hydrogen-bond acceptors (Lipinski definition) is 1. The lowest BCUT2D eigenvalue weighted by Gasteiger charge is -2.14. The van der Waals surface area contributed by atoms with Crippen LogP contribution in [0.5, 0.6) is 0 Å². The normalized spacial score (nSPS) is 33.2. The van der Waals surface area contributed by atoms with Crippen LogP contribution in [0.15, 0.2) is 25.3 Å². The molecule has 3 atom stereocenters. The first-order chi connectivity index (χ1) is 6.31. The van der Waals surface area contributed by atoms with Crippen LogP contribution < -0.4 is 0 Å². The Hall–Kier alpha value is -0.560. The molecule has 0 spiro atoms. The van der Waals surface area contributed by atoms with E-state index in [2.05, 4.69) is 25.3 Å². The minimum absolute atomic E-state index is 0.634. The van der Waals surface area contributed by atoms with E-state index >= 15 is 0 Å². The van der Waals surface area contributed by atoms with E-state index in [0.29, 0.717) is 17.8 Å². The number of hydrogen-bond donors (Lipinski definition) is 0. The Morgan fingerprint density at radius 2 is 2.08 bits per heavy atom. The van der Waals surface area contributed by atoms with Crippen molar-refractivity contribution in [2.75, 3.05) is 13.2 Å². The van der Waals surface area contributed by atoms with Crippen LogP contribution in [0.2, 0.25) is 0 Å². The molecular formula is C12H20O. The highest BCUT2D eigenvalue weighted by Crippen LogP contribution is 2.37. The molecule has 0 N–H and O–H groups in total. The van der Waals surface area contributed by atoms with E-state index in [4.69, 9.17) is 4.74 Å². The van der Waals surface area contributed by atoms with E-state index in [1.165, 1.54) is 12.8 Å². The second-order valence-corrected chi connectivity index (χ2v) is 3.79. The molecule has 0 aliphatic heterocycles. The van der Waals surface area contributed by atoms with Crippen LogP contribution in [0.1, 0.15) is 19.8 Å². The molecule has 74 valence electrons. The number of rotatable bonds is 5. The van der Waals surface area contributed by atoms with Gasteiger partial charge in [0.15, 0.2) is 0 Å². The Balaban J connectivity index is 2.42. The summed E-state index contributed by atoms with van der Waals surface area (Å²) in [6, 6.07) is 0. The Bertz CT molecular complexity index is 174. The Morgan fingerprint density at radius 1 is 1.31 bits per heavy atom. The van der Waals surface area contributed by atoms with E-state index in [1.807, 2.05) is 6.92 Å². The summed E-state index contributed by atoms with van der Waals surface area (Å²) in [5.74, 6) is 1.98. The standard InChI is InChI=1S/C12H20O/c1-4-10-7-11(5-2)12(8-10)9-13-6-3/h4-5,10-12H,1-2,6-9H2,3H3. The largest absolute Gasteiger partial charge is 0.381 e. The van der Waals surface area contributed by atoms with Gasteiger partial charge in [-0.2, -0.15) is 0 Å². The third-order valence-corrected chi connectivity index (χ3v) is 2.96. The molecule has 0 heterocycles. The summed E-state index contributed by atoms with van der Waals surface area (Å²) in [6.07, 6.45) is 6.58. The molecule has 0 aromatic carbocycles.